The predicted octanol–water partition coefficient (Wildman–Crippen LogP) is 2.51. The SMILES string of the molecule is CON=C(C)c1cc[c]cc1Cl. The number of halogens is 1. The Labute approximate surface area is 76.8 Å². The molecule has 0 amide bonds. The number of benzene rings is 1. The molecule has 0 spiro atoms. The average molecular weight is 183 g/mol. The Morgan fingerprint density at radius 3 is 3.00 bits per heavy atom. The monoisotopic (exact) mass is 182 g/mol. The maximum Gasteiger partial charge on any atom is 0.106 e. The van der Waals surface area contributed by atoms with Gasteiger partial charge in [-0.3, -0.25) is 0 Å². The molecule has 2 nitrogen and oxygen atoms in total. The van der Waals surface area contributed by atoms with Crippen molar-refractivity contribution < 1.29 is 4.84 Å². The standard InChI is InChI=1S/C9H9ClNO/c1-7(11-12-2)8-5-3-4-6-9(8)10/h3,5-6H,1-2H3. The molecule has 1 rings (SSSR count). The molecule has 0 N–H and O–H groups in total. The molecule has 0 saturated carbocycles. The summed E-state index contributed by atoms with van der Waals surface area (Å²) >= 11 is 5.89. The second kappa shape index (κ2) is 4.12. The number of oxime groups is 1. The number of hydrogen-bond donors (Lipinski definition) is 0. The van der Waals surface area contributed by atoms with Gasteiger partial charge in [0.05, 0.1) is 10.7 Å². The molecule has 63 valence electrons. The first-order chi connectivity index (χ1) is 5.75. The molecule has 1 radical (unpaired) electrons. The van der Waals surface area contributed by atoms with Crippen LogP contribution < -0.4 is 0 Å². The van der Waals surface area contributed by atoms with E-state index in [1.807, 2.05) is 13.0 Å². The van der Waals surface area contributed by atoms with Gasteiger partial charge in [0.1, 0.15) is 7.11 Å². The summed E-state index contributed by atoms with van der Waals surface area (Å²) in [6, 6.07) is 8.21. The van der Waals surface area contributed by atoms with Crippen molar-refractivity contribution in [1.29, 1.82) is 0 Å². The van der Waals surface area contributed by atoms with Crippen molar-refractivity contribution in [3.8, 4) is 0 Å². The Hall–Kier alpha value is -1.02. The van der Waals surface area contributed by atoms with Crippen LogP contribution in [0.4, 0.5) is 0 Å². The van der Waals surface area contributed by atoms with E-state index < -0.39 is 0 Å². The fourth-order valence-corrected chi connectivity index (χ4v) is 1.15. The van der Waals surface area contributed by atoms with E-state index in [2.05, 4.69) is 16.1 Å². The Balaban J connectivity index is 3.02. The molecular formula is C9H9ClNO. The highest BCUT2D eigenvalue weighted by Crippen LogP contribution is 2.15. The zero-order chi connectivity index (χ0) is 8.97. The first-order valence-corrected chi connectivity index (χ1v) is 3.87. The molecular weight excluding hydrogens is 174 g/mol. The molecule has 0 aliphatic carbocycles. The third kappa shape index (κ3) is 1.98. The lowest BCUT2D eigenvalue weighted by Gasteiger charge is -2.00. The first kappa shape index (κ1) is 9.07. The molecule has 3 heteroatoms. The van der Waals surface area contributed by atoms with Gasteiger partial charge in [-0.05, 0) is 19.1 Å². The Kier molecular flexibility index (Phi) is 3.11. The van der Waals surface area contributed by atoms with Crippen LogP contribution in [0.1, 0.15) is 12.5 Å². The van der Waals surface area contributed by atoms with Crippen molar-refractivity contribution in [2.75, 3.05) is 7.11 Å². The topological polar surface area (TPSA) is 21.6 Å². The fourth-order valence-electron chi connectivity index (χ4n) is 0.890. The maximum atomic E-state index is 5.89. The third-order valence-electron chi connectivity index (χ3n) is 1.43. The molecule has 0 aromatic heterocycles. The van der Waals surface area contributed by atoms with Gasteiger partial charge in [-0.2, -0.15) is 0 Å². The summed E-state index contributed by atoms with van der Waals surface area (Å²) in [5.41, 5.74) is 1.63. The summed E-state index contributed by atoms with van der Waals surface area (Å²) in [7, 11) is 1.51. The maximum absolute atomic E-state index is 5.89. The van der Waals surface area contributed by atoms with Gasteiger partial charge in [-0.25, -0.2) is 0 Å². The van der Waals surface area contributed by atoms with Crippen molar-refractivity contribution in [2.45, 2.75) is 6.92 Å². The van der Waals surface area contributed by atoms with E-state index in [1.54, 1.807) is 12.1 Å². The normalized spacial score (nSPS) is 11.4. The fraction of sp³-hybridized carbons (Fsp3) is 0.222. The van der Waals surface area contributed by atoms with Gasteiger partial charge in [0.2, 0.25) is 0 Å². The lowest BCUT2D eigenvalue weighted by atomic mass is 10.1. The Bertz CT molecular complexity index is 296. The van der Waals surface area contributed by atoms with Crippen LogP contribution in [0.2, 0.25) is 5.02 Å². The lowest BCUT2D eigenvalue weighted by Crippen LogP contribution is -1.95. The molecule has 0 bridgehead atoms. The van der Waals surface area contributed by atoms with Crippen molar-refractivity contribution in [1.82, 2.24) is 0 Å². The molecule has 0 aliphatic heterocycles. The van der Waals surface area contributed by atoms with Crippen LogP contribution in [0.3, 0.4) is 0 Å². The summed E-state index contributed by atoms with van der Waals surface area (Å²) in [5.74, 6) is 0. The highest BCUT2D eigenvalue weighted by molar-refractivity contribution is 6.34. The van der Waals surface area contributed by atoms with Crippen LogP contribution >= 0.6 is 11.6 Å². The second-order valence-corrected chi connectivity index (χ2v) is 2.67. The van der Waals surface area contributed by atoms with Gasteiger partial charge in [-0.15, -0.1) is 0 Å². The van der Waals surface area contributed by atoms with Crippen LogP contribution in [-0.2, 0) is 4.84 Å². The summed E-state index contributed by atoms with van der Waals surface area (Å²) in [4.78, 5) is 4.63. The summed E-state index contributed by atoms with van der Waals surface area (Å²) in [6.45, 7) is 1.84. The summed E-state index contributed by atoms with van der Waals surface area (Å²) < 4.78 is 0. The molecule has 12 heavy (non-hydrogen) atoms. The smallest absolute Gasteiger partial charge is 0.106 e. The molecule has 0 atom stereocenters. The molecule has 1 aromatic carbocycles. The second-order valence-electron chi connectivity index (χ2n) is 2.27. The van der Waals surface area contributed by atoms with Gasteiger partial charge in [0, 0.05) is 5.56 Å². The molecule has 0 fully saturated rings. The van der Waals surface area contributed by atoms with E-state index in [0.29, 0.717) is 5.02 Å². The Morgan fingerprint density at radius 1 is 1.67 bits per heavy atom. The number of hydrogen-bond acceptors (Lipinski definition) is 2. The van der Waals surface area contributed by atoms with Crippen molar-refractivity contribution >= 4 is 17.3 Å². The van der Waals surface area contributed by atoms with E-state index in [-0.39, 0.29) is 0 Å². The zero-order valence-electron chi connectivity index (χ0n) is 6.97. The van der Waals surface area contributed by atoms with Crippen LogP contribution in [-0.4, -0.2) is 12.8 Å². The minimum Gasteiger partial charge on any atom is -0.399 e. The first-order valence-electron chi connectivity index (χ1n) is 3.49. The van der Waals surface area contributed by atoms with Crippen molar-refractivity contribution in [2.24, 2.45) is 5.16 Å². The molecule has 0 heterocycles. The Morgan fingerprint density at radius 2 is 2.42 bits per heavy atom. The van der Waals surface area contributed by atoms with E-state index in [4.69, 9.17) is 11.6 Å². The molecule has 0 unspecified atom stereocenters. The van der Waals surface area contributed by atoms with Crippen LogP contribution in [0.15, 0.2) is 23.4 Å². The van der Waals surface area contributed by atoms with Gasteiger partial charge < -0.3 is 4.84 Å². The van der Waals surface area contributed by atoms with Crippen LogP contribution in [0, 0.1) is 6.07 Å². The minimum absolute atomic E-state index is 0.635. The predicted molar refractivity (Wildman–Crippen MR) is 49.5 cm³/mol. The largest absolute Gasteiger partial charge is 0.399 e. The third-order valence-corrected chi connectivity index (χ3v) is 1.74. The average Bonchev–Trinajstić information content (AvgIpc) is 2.05. The van der Waals surface area contributed by atoms with Crippen LogP contribution in [0.5, 0.6) is 0 Å². The van der Waals surface area contributed by atoms with Gasteiger partial charge in [0.15, 0.2) is 0 Å². The van der Waals surface area contributed by atoms with Gasteiger partial charge in [-0.1, -0.05) is 28.9 Å². The van der Waals surface area contributed by atoms with Gasteiger partial charge in [0.25, 0.3) is 0 Å². The number of rotatable bonds is 2. The zero-order valence-corrected chi connectivity index (χ0v) is 7.72. The minimum atomic E-state index is 0.635. The van der Waals surface area contributed by atoms with Gasteiger partial charge >= 0.3 is 0 Å². The van der Waals surface area contributed by atoms with E-state index in [9.17, 15) is 0 Å². The van der Waals surface area contributed by atoms with E-state index in [1.165, 1.54) is 7.11 Å². The number of nitrogens with zero attached hydrogens (tertiary/aromatic N) is 1. The molecule has 1 aromatic rings. The lowest BCUT2D eigenvalue weighted by molar-refractivity contribution is 0.213. The molecule has 0 aliphatic rings. The highest BCUT2D eigenvalue weighted by Gasteiger charge is 2.01. The van der Waals surface area contributed by atoms with E-state index >= 15 is 0 Å². The summed E-state index contributed by atoms with van der Waals surface area (Å²) in [6.07, 6.45) is 0. The molecule has 0 saturated heterocycles. The van der Waals surface area contributed by atoms with Crippen molar-refractivity contribution in [3.05, 3.63) is 34.9 Å². The summed E-state index contributed by atoms with van der Waals surface area (Å²) in [5, 5.41) is 4.41. The quantitative estimate of drug-likeness (QED) is 0.509. The van der Waals surface area contributed by atoms with E-state index in [0.717, 1.165) is 11.3 Å². The van der Waals surface area contributed by atoms with Crippen LogP contribution in [0.25, 0.3) is 0 Å². The van der Waals surface area contributed by atoms with Crippen molar-refractivity contribution in [3.63, 3.8) is 0 Å². The highest BCUT2D eigenvalue weighted by atomic mass is 35.5.